The minimum absolute atomic E-state index is 0.205. The maximum absolute atomic E-state index is 11.6. The van der Waals surface area contributed by atoms with Gasteiger partial charge in [-0.1, -0.05) is 6.07 Å². The number of thiocarbonyl (C=S) groups is 1. The average Bonchev–Trinajstić information content (AvgIpc) is 3.07. The molecule has 1 aromatic rings. The Hall–Kier alpha value is -1.24. The van der Waals surface area contributed by atoms with Gasteiger partial charge in [-0.15, -0.1) is 11.3 Å². The molecule has 1 aromatic heterocycles. The summed E-state index contributed by atoms with van der Waals surface area (Å²) in [6.07, 6.45) is 5.59. The molecule has 19 heavy (non-hydrogen) atoms. The first-order chi connectivity index (χ1) is 9.24. The first-order valence-electron chi connectivity index (χ1n) is 6.16. The van der Waals surface area contributed by atoms with Gasteiger partial charge in [-0.05, 0) is 42.6 Å². The standard InChI is InChI=1S/C13H16N2O2S2/c16-12(6-5-11-4-2-8-19-11)15-13(18)14-9-10-3-1-7-17-10/h2,4-6,8,10H,1,3,7,9H2,(H2,14,15,16,18)/b6-5+/t10-/m1/s1. The van der Waals surface area contributed by atoms with E-state index in [9.17, 15) is 4.79 Å². The van der Waals surface area contributed by atoms with Gasteiger partial charge in [0, 0.05) is 24.1 Å². The number of rotatable bonds is 4. The number of ether oxygens (including phenoxy) is 1. The van der Waals surface area contributed by atoms with Crippen molar-refractivity contribution in [3.8, 4) is 0 Å². The lowest BCUT2D eigenvalue weighted by molar-refractivity contribution is -0.115. The zero-order valence-electron chi connectivity index (χ0n) is 10.4. The quantitative estimate of drug-likeness (QED) is 0.658. The van der Waals surface area contributed by atoms with Crippen molar-refractivity contribution in [1.82, 2.24) is 10.6 Å². The summed E-state index contributed by atoms with van der Waals surface area (Å²) in [6, 6.07) is 3.89. The third-order valence-corrected chi connectivity index (χ3v) is 3.78. The monoisotopic (exact) mass is 296 g/mol. The molecule has 4 nitrogen and oxygen atoms in total. The molecule has 0 spiro atoms. The topological polar surface area (TPSA) is 50.4 Å². The number of carbonyl (C=O) groups excluding carboxylic acids is 1. The molecule has 102 valence electrons. The molecule has 1 aliphatic rings. The van der Waals surface area contributed by atoms with Gasteiger partial charge in [0.2, 0.25) is 5.91 Å². The highest BCUT2D eigenvalue weighted by Gasteiger charge is 2.15. The zero-order chi connectivity index (χ0) is 13.5. The molecule has 1 aliphatic heterocycles. The van der Waals surface area contributed by atoms with Crippen LogP contribution in [0.15, 0.2) is 23.6 Å². The van der Waals surface area contributed by atoms with Crippen LogP contribution in [0.25, 0.3) is 6.08 Å². The summed E-state index contributed by atoms with van der Waals surface area (Å²) in [5.74, 6) is -0.224. The Balaban J connectivity index is 1.68. The maximum Gasteiger partial charge on any atom is 0.250 e. The van der Waals surface area contributed by atoms with Crippen molar-refractivity contribution in [3.63, 3.8) is 0 Å². The summed E-state index contributed by atoms with van der Waals surface area (Å²) in [6.45, 7) is 1.46. The molecule has 2 heterocycles. The Kier molecular flexibility index (Phi) is 5.50. The summed E-state index contributed by atoms with van der Waals surface area (Å²) in [5, 5.41) is 7.91. The second-order valence-corrected chi connectivity index (χ2v) is 5.57. The van der Waals surface area contributed by atoms with Crippen LogP contribution in [-0.4, -0.2) is 30.3 Å². The van der Waals surface area contributed by atoms with E-state index in [2.05, 4.69) is 10.6 Å². The minimum Gasteiger partial charge on any atom is -0.376 e. The second kappa shape index (κ2) is 7.37. The van der Waals surface area contributed by atoms with Crippen LogP contribution < -0.4 is 10.6 Å². The van der Waals surface area contributed by atoms with E-state index in [1.54, 1.807) is 17.4 Å². The number of carbonyl (C=O) groups is 1. The van der Waals surface area contributed by atoms with E-state index in [-0.39, 0.29) is 12.0 Å². The van der Waals surface area contributed by atoms with Gasteiger partial charge in [-0.3, -0.25) is 10.1 Å². The summed E-state index contributed by atoms with van der Waals surface area (Å²) in [7, 11) is 0. The molecule has 0 bridgehead atoms. The van der Waals surface area contributed by atoms with E-state index < -0.39 is 0 Å². The zero-order valence-corrected chi connectivity index (χ0v) is 12.1. The van der Waals surface area contributed by atoms with Crippen LogP contribution in [0.3, 0.4) is 0 Å². The number of nitrogens with one attached hydrogen (secondary N) is 2. The number of hydrogen-bond acceptors (Lipinski definition) is 4. The normalized spacial score (nSPS) is 18.6. The van der Waals surface area contributed by atoms with Crippen molar-refractivity contribution in [2.75, 3.05) is 13.2 Å². The molecular weight excluding hydrogens is 280 g/mol. The maximum atomic E-state index is 11.6. The van der Waals surface area contributed by atoms with E-state index in [0.29, 0.717) is 11.7 Å². The van der Waals surface area contributed by atoms with Gasteiger partial charge in [0.25, 0.3) is 0 Å². The summed E-state index contributed by atoms with van der Waals surface area (Å²) in [5.41, 5.74) is 0. The molecule has 1 fully saturated rings. The van der Waals surface area contributed by atoms with E-state index >= 15 is 0 Å². The van der Waals surface area contributed by atoms with Crippen LogP contribution in [0, 0.1) is 0 Å². The predicted molar refractivity (Wildman–Crippen MR) is 81.1 cm³/mol. The Labute approximate surface area is 121 Å². The Morgan fingerprint density at radius 2 is 2.53 bits per heavy atom. The average molecular weight is 296 g/mol. The smallest absolute Gasteiger partial charge is 0.250 e. The summed E-state index contributed by atoms with van der Waals surface area (Å²) < 4.78 is 5.46. The van der Waals surface area contributed by atoms with Gasteiger partial charge in [0.1, 0.15) is 0 Å². The van der Waals surface area contributed by atoms with Gasteiger partial charge in [-0.25, -0.2) is 0 Å². The van der Waals surface area contributed by atoms with Crippen molar-refractivity contribution >= 4 is 40.7 Å². The third kappa shape index (κ3) is 5.10. The molecular formula is C13H16N2O2S2. The molecule has 0 radical (unpaired) electrons. The molecule has 0 saturated carbocycles. The van der Waals surface area contributed by atoms with Crippen LogP contribution >= 0.6 is 23.6 Å². The van der Waals surface area contributed by atoms with Gasteiger partial charge < -0.3 is 10.1 Å². The van der Waals surface area contributed by atoms with Crippen LogP contribution in [0.5, 0.6) is 0 Å². The van der Waals surface area contributed by atoms with Crippen molar-refractivity contribution in [3.05, 3.63) is 28.5 Å². The number of hydrogen-bond donors (Lipinski definition) is 2. The Morgan fingerprint density at radius 1 is 1.63 bits per heavy atom. The van der Waals surface area contributed by atoms with Gasteiger partial charge in [0.15, 0.2) is 5.11 Å². The fourth-order valence-electron chi connectivity index (χ4n) is 1.75. The van der Waals surface area contributed by atoms with Crippen molar-refractivity contribution < 1.29 is 9.53 Å². The Morgan fingerprint density at radius 3 is 3.21 bits per heavy atom. The molecule has 0 aromatic carbocycles. The van der Waals surface area contributed by atoms with Gasteiger partial charge in [0.05, 0.1) is 6.10 Å². The highest BCUT2D eigenvalue weighted by molar-refractivity contribution is 7.80. The minimum atomic E-state index is -0.224. The largest absolute Gasteiger partial charge is 0.376 e. The highest BCUT2D eigenvalue weighted by Crippen LogP contribution is 2.10. The van der Waals surface area contributed by atoms with E-state index in [4.69, 9.17) is 17.0 Å². The molecule has 1 amide bonds. The number of amides is 1. The fourth-order valence-corrected chi connectivity index (χ4v) is 2.56. The first kappa shape index (κ1) is 14.2. The third-order valence-electron chi connectivity index (χ3n) is 2.69. The highest BCUT2D eigenvalue weighted by atomic mass is 32.1. The lowest BCUT2D eigenvalue weighted by Crippen LogP contribution is -2.41. The predicted octanol–water partition coefficient (Wildman–Crippen LogP) is 1.93. The van der Waals surface area contributed by atoms with Crippen molar-refractivity contribution in [1.29, 1.82) is 0 Å². The van der Waals surface area contributed by atoms with E-state index in [1.165, 1.54) is 6.08 Å². The van der Waals surface area contributed by atoms with Crippen LogP contribution in [0.2, 0.25) is 0 Å². The first-order valence-corrected chi connectivity index (χ1v) is 7.45. The lowest BCUT2D eigenvalue weighted by Gasteiger charge is -2.12. The Bertz CT molecular complexity index is 451. The molecule has 2 rings (SSSR count). The van der Waals surface area contributed by atoms with Crippen molar-refractivity contribution in [2.45, 2.75) is 18.9 Å². The van der Waals surface area contributed by atoms with Crippen LogP contribution in [-0.2, 0) is 9.53 Å². The molecule has 6 heteroatoms. The summed E-state index contributed by atoms with van der Waals surface area (Å²) >= 11 is 6.63. The fraction of sp³-hybridized carbons (Fsp3) is 0.385. The molecule has 2 N–H and O–H groups in total. The molecule has 0 aliphatic carbocycles. The second-order valence-electron chi connectivity index (χ2n) is 4.18. The van der Waals surface area contributed by atoms with Gasteiger partial charge >= 0.3 is 0 Å². The SMILES string of the molecule is O=C(/C=C/c1cccs1)NC(=S)NC[C@H]1CCCO1. The lowest BCUT2D eigenvalue weighted by atomic mass is 10.2. The molecule has 1 saturated heterocycles. The van der Waals surface area contributed by atoms with E-state index in [1.807, 2.05) is 17.5 Å². The van der Waals surface area contributed by atoms with Crippen LogP contribution in [0.4, 0.5) is 0 Å². The van der Waals surface area contributed by atoms with Crippen molar-refractivity contribution in [2.24, 2.45) is 0 Å². The summed E-state index contributed by atoms with van der Waals surface area (Å²) in [4.78, 5) is 12.6. The van der Waals surface area contributed by atoms with Gasteiger partial charge in [-0.2, -0.15) is 0 Å². The molecule has 0 unspecified atom stereocenters. The van der Waals surface area contributed by atoms with Crippen LogP contribution in [0.1, 0.15) is 17.7 Å². The molecule has 1 atom stereocenters. The number of thiophene rings is 1. The van der Waals surface area contributed by atoms with E-state index in [0.717, 1.165) is 24.3 Å².